The lowest BCUT2D eigenvalue weighted by Gasteiger charge is -2.49. The maximum absolute atomic E-state index is 14.3. The van der Waals surface area contributed by atoms with E-state index in [1.54, 1.807) is 30.7 Å². The van der Waals surface area contributed by atoms with Gasteiger partial charge in [-0.2, -0.15) is 0 Å². The summed E-state index contributed by atoms with van der Waals surface area (Å²) in [6, 6.07) is 44.3. The maximum atomic E-state index is 14.3. The van der Waals surface area contributed by atoms with Crippen molar-refractivity contribution in [2.45, 2.75) is 36.7 Å². The number of amides is 2. The number of halogens is 1. The number of oxime groups is 1. The minimum atomic E-state index is -0.992. The Labute approximate surface area is 412 Å². The molecule has 0 unspecified atom stereocenters. The SMILES string of the molecule is C=CCn1n[n+](CC2=C(C(=O)OCc3ccc(OC)cc3)N3C(=O)[C@@H](NC(=O)/C(=N\OC)c4csc(NC(c5ccccc5)(c5ccccc5)c5ccccc5)n4)[C@H]3SC2)c2ccccc21.[I-]. The number of thioether (sulfide) groups is 1. The summed E-state index contributed by atoms with van der Waals surface area (Å²) in [5, 5.41) is 17.1. The van der Waals surface area contributed by atoms with Crippen LogP contribution < -0.4 is 44.0 Å². The molecule has 0 radical (unpaired) electrons. The Balaban J connectivity index is 0.00000608. The van der Waals surface area contributed by atoms with Gasteiger partial charge in [-0.3, -0.25) is 14.5 Å². The number of benzene rings is 5. The molecule has 5 aromatic carbocycles. The Morgan fingerprint density at radius 3 is 2.13 bits per heavy atom. The molecule has 0 bridgehead atoms. The predicted molar refractivity (Wildman–Crippen MR) is 253 cm³/mol. The topological polar surface area (TPSA) is 153 Å². The first-order chi connectivity index (χ1) is 32.3. The molecule has 0 saturated carbocycles. The van der Waals surface area contributed by atoms with E-state index in [-0.39, 0.29) is 54.2 Å². The summed E-state index contributed by atoms with van der Waals surface area (Å²) in [7, 11) is 2.92. The van der Waals surface area contributed by atoms with Crippen LogP contribution in [0.2, 0.25) is 0 Å². The quantitative estimate of drug-likeness (QED) is 0.0201. The summed E-state index contributed by atoms with van der Waals surface area (Å²) in [5.74, 6) is -0.779. The van der Waals surface area contributed by atoms with Gasteiger partial charge in [0.25, 0.3) is 11.8 Å². The minimum absolute atomic E-state index is 0. The largest absolute Gasteiger partial charge is 1.00 e. The molecule has 9 rings (SSSR count). The van der Waals surface area contributed by atoms with Gasteiger partial charge < -0.3 is 48.9 Å². The third kappa shape index (κ3) is 9.30. The lowest BCUT2D eigenvalue weighted by molar-refractivity contribution is -0.725. The summed E-state index contributed by atoms with van der Waals surface area (Å²) in [6.45, 7) is 4.54. The van der Waals surface area contributed by atoms with E-state index in [1.165, 1.54) is 35.1 Å². The summed E-state index contributed by atoms with van der Waals surface area (Å²) in [4.78, 5) is 54.2. The van der Waals surface area contributed by atoms with Gasteiger partial charge in [0.05, 0.1) is 12.3 Å². The van der Waals surface area contributed by atoms with E-state index in [2.05, 4.69) is 58.8 Å². The fraction of sp³-hybridized carbons (Fsp3) is 0.180. The first-order valence-corrected chi connectivity index (χ1v) is 23.0. The highest BCUT2D eigenvalue weighted by atomic mass is 127. The van der Waals surface area contributed by atoms with Crippen LogP contribution in [0.1, 0.15) is 27.9 Å². The van der Waals surface area contributed by atoms with E-state index in [4.69, 9.17) is 24.5 Å². The second-order valence-electron chi connectivity index (χ2n) is 15.4. The van der Waals surface area contributed by atoms with E-state index in [0.717, 1.165) is 33.3 Å². The van der Waals surface area contributed by atoms with Gasteiger partial charge in [-0.05, 0) is 52.6 Å². The lowest BCUT2D eigenvalue weighted by atomic mass is 9.77. The third-order valence-electron chi connectivity index (χ3n) is 11.4. The molecule has 1 fully saturated rings. The zero-order valence-corrected chi connectivity index (χ0v) is 40.2. The normalized spacial score (nSPS) is 15.8. The van der Waals surface area contributed by atoms with Crippen LogP contribution in [0.15, 0.2) is 174 Å². The number of para-hydroxylation sites is 2. The molecule has 0 aliphatic carbocycles. The van der Waals surface area contributed by atoms with Gasteiger partial charge >= 0.3 is 5.97 Å². The monoisotopic (exact) mass is 1040 g/mol. The number of hydrogen-bond donors (Lipinski definition) is 2. The van der Waals surface area contributed by atoms with E-state index in [0.29, 0.717) is 28.8 Å². The molecule has 340 valence electrons. The van der Waals surface area contributed by atoms with E-state index >= 15 is 0 Å². The van der Waals surface area contributed by atoms with Crippen molar-refractivity contribution in [1.29, 1.82) is 0 Å². The fourth-order valence-corrected chi connectivity index (χ4v) is 10.4. The van der Waals surface area contributed by atoms with Crippen molar-refractivity contribution in [2.75, 3.05) is 25.3 Å². The molecule has 2 aliphatic heterocycles. The zero-order chi connectivity index (χ0) is 45.6. The number of methoxy groups -OCH3 is 1. The molecular formula is C50H45IN8O6S2. The highest BCUT2D eigenvalue weighted by molar-refractivity contribution is 8.00. The maximum Gasteiger partial charge on any atom is 0.355 e. The molecule has 2 aliphatic rings. The van der Waals surface area contributed by atoms with Gasteiger partial charge in [-0.15, -0.1) is 32.5 Å². The number of rotatable bonds is 17. The Morgan fingerprint density at radius 1 is 0.896 bits per heavy atom. The van der Waals surface area contributed by atoms with Crippen LogP contribution in [0, 0.1) is 0 Å². The first-order valence-electron chi connectivity index (χ1n) is 21.1. The Kier molecular flexibility index (Phi) is 14.5. The molecule has 7 aromatic rings. The van der Waals surface area contributed by atoms with Gasteiger partial charge in [-0.1, -0.05) is 127 Å². The number of carbonyl (C=O) groups excluding carboxylic acids is 3. The number of ether oxygens (including phenoxy) is 2. The molecule has 0 spiro atoms. The number of esters is 1. The number of allylic oxidation sites excluding steroid dienone is 1. The Bertz CT molecular complexity index is 2870. The molecule has 2 amide bonds. The van der Waals surface area contributed by atoms with Gasteiger partial charge in [0.1, 0.15) is 60.9 Å². The van der Waals surface area contributed by atoms with Gasteiger partial charge in [0.2, 0.25) is 0 Å². The molecule has 2 N–H and O–H groups in total. The molecular weight excluding hydrogens is 1000 g/mol. The zero-order valence-electron chi connectivity index (χ0n) is 36.5. The van der Waals surface area contributed by atoms with Crippen molar-refractivity contribution in [3.8, 4) is 5.75 Å². The molecule has 14 nitrogen and oxygen atoms in total. The van der Waals surface area contributed by atoms with Crippen molar-refractivity contribution in [2.24, 2.45) is 5.16 Å². The van der Waals surface area contributed by atoms with Crippen molar-refractivity contribution in [1.82, 2.24) is 25.1 Å². The number of β-lactam (4-membered cyclic amide) rings is 1. The third-order valence-corrected chi connectivity index (χ3v) is 13.5. The Morgan fingerprint density at radius 2 is 1.52 bits per heavy atom. The number of nitrogens with one attached hydrogen (secondary N) is 2. The summed E-state index contributed by atoms with van der Waals surface area (Å²) >= 11 is 2.74. The van der Waals surface area contributed by atoms with Gasteiger partial charge in [-0.25, -0.2) is 9.78 Å². The fourth-order valence-electron chi connectivity index (χ4n) is 8.30. The van der Waals surface area contributed by atoms with Crippen molar-refractivity contribution in [3.05, 3.63) is 197 Å². The molecule has 2 atom stereocenters. The predicted octanol–water partition coefficient (Wildman–Crippen LogP) is 3.83. The molecule has 67 heavy (non-hydrogen) atoms. The lowest BCUT2D eigenvalue weighted by Crippen LogP contribution is -3.00. The number of nitrogens with zero attached hydrogens (tertiary/aromatic N) is 6. The second-order valence-corrected chi connectivity index (χ2v) is 17.3. The number of hydrogen-bond acceptors (Lipinski definition) is 12. The highest BCUT2D eigenvalue weighted by Crippen LogP contribution is 2.42. The van der Waals surface area contributed by atoms with Crippen LogP contribution in [0.5, 0.6) is 5.75 Å². The van der Waals surface area contributed by atoms with Crippen molar-refractivity contribution >= 4 is 62.8 Å². The molecule has 2 aromatic heterocycles. The first kappa shape index (κ1) is 46.7. The molecule has 4 heterocycles. The number of thiazole rings is 1. The van der Waals surface area contributed by atoms with Gasteiger partial charge in [0.15, 0.2) is 21.9 Å². The van der Waals surface area contributed by atoms with E-state index < -0.39 is 34.7 Å². The van der Waals surface area contributed by atoms with Crippen molar-refractivity contribution < 1.29 is 57.4 Å². The van der Waals surface area contributed by atoms with Crippen LogP contribution in [0.25, 0.3) is 11.0 Å². The van der Waals surface area contributed by atoms with Crippen LogP contribution in [-0.2, 0) is 49.2 Å². The number of aromatic nitrogens is 4. The van der Waals surface area contributed by atoms with Crippen LogP contribution in [0.3, 0.4) is 0 Å². The second kappa shape index (κ2) is 20.8. The average molecular weight is 1040 g/mol. The molecule has 1 saturated heterocycles. The number of anilines is 1. The smallest absolute Gasteiger partial charge is 0.355 e. The van der Waals surface area contributed by atoms with E-state index in [1.807, 2.05) is 100 Å². The van der Waals surface area contributed by atoms with Gasteiger partial charge in [0, 0.05) is 16.7 Å². The summed E-state index contributed by atoms with van der Waals surface area (Å²) < 4.78 is 14.8. The van der Waals surface area contributed by atoms with E-state index in [9.17, 15) is 14.4 Å². The van der Waals surface area contributed by atoms with Crippen molar-refractivity contribution in [3.63, 3.8) is 0 Å². The average Bonchev–Trinajstić information content (AvgIpc) is 3.98. The number of fused-ring (bicyclic) bond motifs is 2. The molecule has 17 heteroatoms. The minimum Gasteiger partial charge on any atom is -1.00 e. The summed E-state index contributed by atoms with van der Waals surface area (Å²) in [5.41, 5.74) is 5.47. The van der Waals surface area contributed by atoms with Crippen LogP contribution in [0.4, 0.5) is 5.13 Å². The Hall–Kier alpha value is -6.83. The highest BCUT2D eigenvalue weighted by Gasteiger charge is 2.55. The van der Waals surface area contributed by atoms with Crippen LogP contribution in [-0.4, -0.2) is 74.7 Å². The van der Waals surface area contributed by atoms with Crippen LogP contribution >= 0.6 is 23.1 Å². The number of carbonyl (C=O) groups is 3. The summed E-state index contributed by atoms with van der Waals surface area (Å²) in [6.07, 6.45) is 1.76. The standard InChI is InChI=1S/C50H44N8O6S2.HI/c1-4-28-56-40-22-14-15-23-41(40)57(55-56)29-34-31-65-47-43(46(60)58(47)44(34)48(61)64-30-33-24-26-38(62-2)27-25-33)52-45(59)42(54-63-3)39-32-66-49(51-39)53-50(35-16-8-5-9-17-35,36-18-10-6-11-19-36)37-20-12-7-13-21-37;/h4-27,32,43,47H,1,28-31H2,2-3H3,(H-,51,52,53,59);1H/b54-42-;/t43-,47-;/m1./s1.